The number of halogens is 1. The Kier molecular flexibility index (Phi) is 15.6. The van der Waals surface area contributed by atoms with Crippen molar-refractivity contribution in [1.82, 2.24) is 9.88 Å². The van der Waals surface area contributed by atoms with Crippen molar-refractivity contribution in [3.8, 4) is 11.5 Å². The lowest BCUT2D eigenvalue weighted by atomic mass is 8.39. The number of fused-ring (bicyclic) bond motifs is 6. The average molecular weight is 746 g/mol. The lowest BCUT2D eigenvalue weighted by Gasteiger charge is -2.46. The summed E-state index contributed by atoms with van der Waals surface area (Å²) in [6.45, 7) is 8.44. The zero-order chi connectivity index (χ0) is 43.4. The van der Waals surface area contributed by atoms with Gasteiger partial charge in [0, 0.05) is 172 Å². The monoisotopic (exact) mass is 749 g/mol. The number of rotatable bonds is 13. The van der Waals surface area contributed by atoms with Crippen LogP contribution in [0.25, 0.3) is 15.7 Å². The zero-order valence-electron chi connectivity index (χ0n) is 33.7. The van der Waals surface area contributed by atoms with Crippen LogP contribution in [-0.2, 0) is 19.4 Å². The molecule has 1 aromatic heterocycles. The molecule has 5 nitrogen and oxygen atoms in total. The maximum Gasteiger partial charge on any atom is 0.187 e. The fourth-order valence-corrected chi connectivity index (χ4v) is 8.97. The molecule has 5 aromatic rings. The van der Waals surface area contributed by atoms with Gasteiger partial charge in [0.1, 0.15) is 12.4 Å². The Hall–Kier alpha value is -3.30. The number of benzene rings is 4. The lowest BCUT2D eigenvalue weighted by molar-refractivity contribution is 0.127. The van der Waals surface area contributed by atoms with E-state index in [1.165, 1.54) is 27.8 Å². The van der Waals surface area contributed by atoms with E-state index in [1.807, 2.05) is 36.4 Å². The molecule has 0 aliphatic carbocycles. The third kappa shape index (κ3) is 9.98. The van der Waals surface area contributed by atoms with Gasteiger partial charge >= 0.3 is 0 Å². The molecular formula is C34H28B20FN3O2. The number of ether oxygens (including phenoxy) is 2. The van der Waals surface area contributed by atoms with Crippen LogP contribution in [0.1, 0.15) is 45.6 Å². The Balaban J connectivity index is 0.000000258. The summed E-state index contributed by atoms with van der Waals surface area (Å²) in [7, 11) is 64.8. The minimum absolute atomic E-state index is 0.0117. The van der Waals surface area contributed by atoms with Gasteiger partial charge in [-0.15, -0.1) is 0 Å². The summed E-state index contributed by atoms with van der Waals surface area (Å²) in [5.74, 6) is 1.21. The highest BCUT2D eigenvalue weighted by atomic mass is 19.1. The van der Waals surface area contributed by atoms with Crippen molar-refractivity contribution in [2.45, 2.75) is 31.5 Å². The second-order valence-corrected chi connectivity index (χ2v) is 15.7. The molecule has 2 aliphatic heterocycles. The van der Waals surface area contributed by atoms with Crippen molar-refractivity contribution in [3.05, 3.63) is 136 Å². The summed E-state index contributed by atoms with van der Waals surface area (Å²) in [4.78, 5) is 9.73. The molecule has 258 valence electrons. The van der Waals surface area contributed by atoms with Crippen LogP contribution in [-0.4, -0.2) is 166 Å². The Morgan fingerprint density at radius 1 is 0.767 bits per heavy atom. The van der Waals surface area contributed by atoms with Crippen molar-refractivity contribution in [2.75, 3.05) is 13.7 Å². The minimum atomic E-state index is -0.889. The number of methoxy groups -OCH3 is 1. The molecule has 0 bridgehead atoms. The first-order valence-electron chi connectivity index (χ1n) is 19.9. The Morgan fingerprint density at radius 2 is 1.38 bits per heavy atom. The maximum atomic E-state index is 13.9. The Morgan fingerprint density at radius 3 is 1.95 bits per heavy atom. The summed E-state index contributed by atoms with van der Waals surface area (Å²) >= 11 is 0. The normalized spacial score (nSPS) is 15.0. The van der Waals surface area contributed by atoms with Crippen molar-refractivity contribution in [2.24, 2.45) is 0 Å². The van der Waals surface area contributed by atoms with E-state index >= 15 is 0 Å². The van der Waals surface area contributed by atoms with Crippen LogP contribution in [0.5, 0.6) is 11.5 Å². The average Bonchev–Trinajstić information content (AvgIpc) is 3.59. The molecule has 60 heavy (non-hydrogen) atoms. The second-order valence-electron chi connectivity index (χ2n) is 15.7. The molecule has 0 saturated heterocycles. The van der Waals surface area contributed by atoms with Gasteiger partial charge in [0.25, 0.3) is 0 Å². The summed E-state index contributed by atoms with van der Waals surface area (Å²) in [6, 6.07) is 27.3. The van der Waals surface area contributed by atoms with Gasteiger partial charge in [0.2, 0.25) is 0 Å². The van der Waals surface area contributed by atoms with Crippen LogP contribution in [0.3, 0.4) is 0 Å². The standard InChI is InChI=1S/C34H28FN3O2.B20/c1-36-25-13-7-21(8-14-25)20-40-32-19-27-23(17-31(32)39-2)15-16-38-30(27)18-28-26-5-3-4-6-29(26)37-33(28)34(38)22-9-11-24(35)12-10-22;1-12(2)17(11)20(18(13(3)4)14(5)6)19(15(7)8)16(9)10/h3-14,17,19,30,34,37H,15-16,18,20H2,2H3;. The number of aromatic nitrogens is 1. The van der Waals surface area contributed by atoms with Crippen LogP contribution in [0.2, 0.25) is 0 Å². The molecule has 1 N–H and O–H groups in total. The Bertz CT molecular complexity index is 2230. The first kappa shape index (κ1) is 46.2. The fourth-order valence-electron chi connectivity index (χ4n) is 8.97. The molecule has 2 atom stereocenters. The van der Waals surface area contributed by atoms with Gasteiger partial charge in [-0.25, -0.2) is 9.24 Å². The smallest absolute Gasteiger partial charge is 0.187 e. The van der Waals surface area contributed by atoms with E-state index in [0.29, 0.717) is 18.0 Å². The van der Waals surface area contributed by atoms with Gasteiger partial charge in [0.15, 0.2) is 17.2 Å². The molecule has 3 heterocycles. The molecule has 0 fully saturated rings. The quantitative estimate of drug-likeness (QED) is 0.137. The van der Waals surface area contributed by atoms with Crippen molar-refractivity contribution >= 4 is 159 Å². The highest BCUT2D eigenvalue weighted by Crippen LogP contribution is 2.49. The van der Waals surface area contributed by atoms with Crippen LogP contribution >= 0.6 is 0 Å². The van der Waals surface area contributed by atoms with Gasteiger partial charge < -0.3 is 14.5 Å². The van der Waals surface area contributed by atoms with E-state index in [0.717, 1.165) is 41.8 Å². The maximum absolute atomic E-state index is 13.9. The number of para-hydroxylation sites is 1. The van der Waals surface area contributed by atoms with Gasteiger partial charge in [-0.05, 0) is 71.0 Å². The van der Waals surface area contributed by atoms with Crippen LogP contribution in [0.15, 0.2) is 84.9 Å². The summed E-state index contributed by atoms with van der Waals surface area (Å²) < 4.78 is 26.0. The van der Waals surface area contributed by atoms with E-state index < -0.39 is 57.5 Å². The van der Waals surface area contributed by atoms with E-state index in [2.05, 4.69) is 51.1 Å². The van der Waals surface area contributed by atoms with Crippen molar-refractivity contribution < 1.29 is 13.9 Å². The first-order chi connectivity index (χ1) is 28.6. The van der Waals surface area contributed by atoms with Gasteiger partial charge in [-0.2, -0.15) is 0 Å². The number of hydrogen-bond donors (Lipinski definition) is 1. The predicted molar refractivity (Wildman–Crippen MR) is 269 cm³/mol. The topological polar surface area (TPSA) is 41.9 Å². The molecule has 2 unspecified atom stereocenters. The lowest BCUT2D eigenvalue weighted by Crippen LogP contribution is -2.80. The molecule has 7 rings (SSSR count). The fraction of sp³-hybridized carbons (Fsp3) is 0.206. The third-order valence-corrected chi connectivity index (χ3v) is 11.9. The highest BCUT2D eigenvalue weighted by molar-refractivity contribution is 8.19. The largest absolute Gasteiger partial charge is 0.493 e. The molecule has 26 heteroatoms. The minimum Gasteiger partial charge on any atom is -0.493 e. The van der Waals surface area contributed by atoms with E-state index in [-0.39, 0.29) is 17.9 Å². The molecule has 0 saturated carbocycles. The van der Waals surface area contributed by atoms with E-state index in [4.69, 9.17) is 101 Å². The predicted octanol–water partition coefficient (Wildman–Crippen LogP) is 0.0743. The zero-order valence-corrected chi connectivity index (χ0v) is 33.7. The molecule has 2 aliphatic rings. The molecule has 4 aromatic carbocycles. The van der Waals surface area contributed by atoms with Crippen LogP contribution in [0, 0.1) is 12.4 Å². The highest BCUT2D eigenvalue weighted by Gasteiger charge is 2.44. The molecule has 0 spiro atoms. The van der Waals surface area contributed by atoms with Gasteiger partial charge in [0.05, 0.1) is 19.7 Å². The van der Waals surface area contributed by atoms with Gasteiger partial charge in [-0.1, -0.05) is 54.6 Å². The molecule has 0 amide bonds. The second kappa shape index (κ2) is 20.3. The van der Waals surface area contributed by atoms with Crippen LogP contribution in [0.4, 0.5) is 10.1 Å². The Labute approximate surface area is 373 Å². The summed E-state index contributed by atoms with van der Waals surface area (Å²) in [6.07, 6.45) is -5.40. The van der Waals surface area contributed by atoms with E-state index in [9.17, 15) is 4.39 Å². The molecular weight excluding hydrogens is 718 g/mol. The number of nitrogens with one attached hydrogen (secondary N) is 1. The number of hydrogen-bond acceptors (Lipinski definition) is 3. The number of H-pyrrole nitrogens is 1. The van der Waals surface area contributed by atoms with Gasteiger partial charge in [-0.3, -0.25) is 4.90 Å². The molecule has 22 radical (unpaired) electrons. The third-order valence-electron chi connectivity index (χ3n) is 11.9. The van der Waals surface area contributed by atoms with Crippen molar-refractivity contribution in [3.63, 3.8) is 0 Å². The van der Waals surface area contributed by atoms with E-state index in [1.54, 1.807) is 19.2 Å². The van der Waals surface area contributed by atoms with Crippen molar-refractivity contribution in [1.29, 1.82) is 0 Å². The number of aromatic amines is 1. The number of nitrogens with zero attached hydrogens (tertiary/aromatic N) is 2. The SMILES string of the molecule is [B]B([B])B([B])B(B(B([B])[B])B([B])[B])B(B([B])[B])B([B])[B].[C-]#[N+]c1ccc(COc2cc3c(cc2OC)CCN2C3Cc3c([nH]c4ccccc34)C2c2ccc(F)cc2)cc1. The summed E-state index contributed by atoms with van der Waals surface area (Å²) in [5.41, 5.74) is 8.84. The van der Waals surface area contributed by atoms with Crippen LogP contribution < -0.4 is 9.47 Å². The summed E-state index contributed by atoms with van der Waals surface area (Å²) in [5, 5.41) is 1.24. The first-order valence-corrected chi connectivity index (χ1v) is 19.9.